The summed E-state index contributed by atoms with van der Waals surface area (Å²) in [5.74, 6) is -1.62. The number of hydrogen-bond donors (Lipinski definition) is 3. The van der Waals surface area contributed by atoms with Crippen LogP contribution in [-0.2, 0) is 17.4 Å². The van der Waals surface area contributed by atoms with Gasteiger partial charge in [0.15, 0.2) is 22.9 Å². The molecule has 130 valence electrons. The van der Waals surface area contributed by atoms with Crippen molar-refractivity contribution in [3.05, 3.63) is 52.6 Å². The maximum atomic E-state index is 13.3. The Hall–Kier alpha value is -2.53. The zero-order valence-corrected chi connectivity index (χ0v) is 14.3. The highest BCUT2D eigenvalue weighted by Crippen LogP contribution is 2.59. The van der Waals surface area contributed by atoms with Gasteiger partial charge in [-0.05, 0) is 29.0 Å². The predicted molar refractivity (Wildman–Crippen MR) is 91.2 cm³/mol. The Morgan fingerprint density at radius 2 is 1.76 bits per heavy atom. The number of carbonyl (C=O) groups excluding carboxylic acids is 1. The van der Waals surface area contributed by atoms with Gasteiger partial charge in [0.2, 0.25) is 5.75 Å². The number of aliphatic hydroxyl groups is 1. The summed E-state index contributed by atoms with van der Waals surface area (Å²) in [5.41, 5.74) is -0.00821. The van der Waals surface area contributed by atoms with Crippen molar-refractivity contribution in [2.45, 2.75) is 31.3 Å². The zero-order valence-electron chi connectivity index (χ0n) is 14.3. The van der Waals surface area contributed by atoms with E-state index < -0.39 is 22.7 Å². The van der Waals surface area contributed by atoms with Crippen molar-refractivity contribution in [3.63, 3.8) is 0 Å². The summed E-state index contributed by atoms with van der Waals surface area (Å²) in [4.78, 5) is 13.3. The molecule has 0 unspecified atom stereocenters. The number of fused-ring (bicyclic) bond motifs is 4. The van der Waals surface area contributed by atoms with Crippen LogP contribution in [0.3, 0.4) is 0 Å². The lowest BCUT2D eigenvalue weighted by atomic mass is 9.65. The summed E-state index contributed by atoms with van der Waals surface area (Å²) in [5, 5.41) is 32.0. The summed E-state index contributed by atoms with van der Waals surface area (Å²) in [6.45, 7) is 3.99. The Morgan fingerprint density at radius 1 is 1.12 bits per heavy atom. The minimum Gasteiger partial charge on any atom is -0.504 e. The Kier molecular flexibility index (Phi) is 3.04. The van der Waals surface area contributed by atoms with E-state index in [1.165, 1.54) is 13.2 Å². The van der Waals surface area contributed by atoms with Crippen LogP contribution in [0.25, 0.3) is 0 Å². The molecule has 2 aromatic rings. The number of methoxy groups -OCH3 is 1. The third kappa shape index (κ3) is 1.74. The molecule has 0 bridgehead atoms. The van der Waals surface area contributed by atoms with Crippen molar-refractivity contribution in [1.29, 1.82) is 0 Å². The Bertz CT molecular complexity index is 915. The van der Waals surface area contributed by atoms with Crippen molar-refractivity contribution in [1.82, 2.24) is 0 Å². The van der Waals surface area contributed by atoms with Gasteiger partial charge >= 0.3 is 0 Å². The molecular formula is C20H20O5. The topological polar surface area (TPSA) is 87.0 Å². The number of benzene rings is 2. The van der Waals surface area contributed by atoms with Gasteiger partial charge in [-0.15, -0.1) is 0 Å². The third-order valence-electron chi connectivity index (χ3n) is 5.97. The SMILES string of the molecule is COc1cc2c(c(O)c1O)C[C@H]1C(C)(C)c3ccccc3[C@@]1(O)C2=O. The zero-order chi connectivity index (χ0) is 18.1. The molecule has 0 aromatic heterocycles. The first-order chi connectivity index (χ1) is 11.7. The first-order valence-corrected chi connectivity index (χ1v) is 8.23. The maximum absolute atomic E-state index is 13.3. The molecule has 0 saturated carbocycles. The summed E-state index contributed by atoms with van der Waals surface area (Å²) < 4.78 is 5.05. The number of hydrogen-bond acceptors (Lipinski definition) is 5. The van der Waals surface area contributed by atoms with Gasteiger partial charge in [-0.25, -0.2) is 0 Å². The van der Waals surface area contributed by atoms with Crippen molar-refractivity contribution >= 4 is 5.78 Å². The van der Waals surface area contributed by atoms with Crippen molar-refractivity contribution in [2.24, 2.45) is 5.92 Å². The molecule has 0 aliphatic heterocycles. The smallest absolute Gasteiger partial charge is 0.200 e. The largest absolute Gasteiger partial charge is 0.504 e. The highest BCUT2D eigenvalue weighted by Gasteiger charge is 2.61. The molecule has 2 aliphatic rings. The van der Waals surface area contributed by atoms with E-state index >= 15 is 0 Å². The van der Waals surface area contributed by atoms with Gasteiger partial charge < -0.3 is 20.1 Å². The van der Waals surface area contributed by atoms with E-state index in [0.717, 1.165) is 5.56 Å². The minimum atomic E-state index is -1.65. The Balaban J connectivity index is 2.02. The number of ether oxygens (including phenoxy) is 1. The molecule has 3 N–H and O–H groups in total. The molecule has 2 aromatic carbocycles. The molecule has 0 amide bonds. The van der Waals surface area contributed by atoms with Crippen LogP contribution in [0.15, 0.2) is 30.3 Å². The average Bonchev–Trinajstić information content (AvgIpc) is 2.78. The van der Waals surface area contributed by atoms with Crippen LogP contribution in [0, 0.1) is 5.92 Å². The normalized spacial score (nSPS) is 25.9. The molecule has 0 spiro atoms. The Labute approximate surface area is 145 Å². The van der Waals surface area contributed by atoms with Crippen LogP contribution >= 0.6 is 0 Å². The van der Waals surface area contributed by atoms with Crippen LogP contribution in [0.1, 0.15) is 40.9 Å². The quantitative estimate of drug-likeness (QED) is 0.695. The number of Topliss-reactive ketones (excluding diaryl/α,β-unsaturated/α-hetero) is 1. The van der Waals surface area contributed by atoms with Gasteiger partial charge in [0.05, 0.1) is 7.11 Å². The lowest BCUT2D eigenvalue weighted by Crippen LogP contribution is -2.48. The number of ketones is 1. The molecule has 2 atom stereocenters. The van der Waals surface area contributed by atoms with Crippen LogP contribution in [-0.4, -0.2) is 28.2 Å². The predicted octanol–water partition coefficient (Wildman–Crippen LogP) is 2.64. The second-order valence-electron chi connectivity index (χ2n) is 7.42. The molecule has 0 radical (unpaired) electrons. The monoisotopic (exact) mass is 340 g/mol. The fourth-order valence-corrected chi connectivity index (χ4v) is 4.61. The van der Waals surface area contributed by atoms with Gasteiger partial charge in [-0.1, -0.05) is 38.1 Å². The number of phenols is 2. The molecular weight excluding hydrogens is 320 g/mol. The molecule has 4 rings (SSSR count). The van der Waals surface area contributed by atoms with Crippen LogP contribution in [0.4, 0.5) is 0 Å². The molecule has 25 heavy (non-hydrogen) atoms. The van der Waals surface area contributed by atoms with E-state index in [4.69, 9.17) is 4.74 Å². The summed E-state index contributed by atoms with van der Waals surface area (Å²) in [6, 6.07) is 8.83. The average molecular weight is 340 g/mol. The molecule has 0 heterocycles. The van der Waals surface area contributed by atoms with E-state index in [1.54, 1.807) is 6.07 Å². The third-order valence-corrected chi connectivity index (χ3v) is 5.97. The van der Waals surface area contributed by atoms with Crippen LogP contribution in [0.2, 0.25) is 0 Å². The first-order valence-electron chi connectivity index (χ1n) is 8.23. The summed E-state index contributed by atoms with van der Waals surface area (Å²) in [6.07, 6.45) is 0.280. The van der Waals surface area contributed by atoms with Crippen molar-refractivity contribution in [2.75, 3.05) is 7.11 Å². The van der Waals surface area contributed by atoms with Crippen LogP contribution in [0.5, 0.6) is 17.2 Å². The highest BCUT2D eigenvalue weighted by atomic mass is 16.5. The van der Waals surface area contributed by atoms with Crippen molar-refractivity contribution < 1.29 is 24.9 Å². The Morgan fingerprint density at radius 3 is 2.40 bits per heavy atom. The lowest BCUT2D eigenvalue weighted by molar-refractivity contribution is -0.0182. The first kappa shape index (κ1) is 16.0. The number of carbonyl (C=O) groups is 1. The molecule has 5 nitrogen and oxygen atoms in total. The molecule has 5 heteroatoms. The summed E-state index contributed by atoms with van der Waals surface area (Å²) >= 11 is 0. The standard InChI is InChI=1S/C20H20O5/c1-19(2)12-6-4-5-7-13(12)20(24)15(19)9-10-11(18(20)23)8-14(25-3)17(22)16(10)21/h4-8,15,21-22,24H,9H2,1-3H3/t15-,20-/m0/s1. The minimum absolute atomic E-state index is 0.0113. The molecule has 0 fully saturated rings. The number of aromatic hydroxyl groups is 2. The van der Waals surface area contributed by atoms with Gasteiger partial charge in [-0.3, -0.25) is 4.79 Å². The van der Waals surface area contributed by atoms with E-state index in [2.05, 4.69) is 0 Å². The van der Waals surface area contributed by atoms with Gasteiger partial charge in [-0.2, -0.15) is 0 Å². The second kappa shape index (κ2) is 4.76. The fraction of sp³-hybridized carbons (Fsp3) is 0.350. The lowest BCUT2D eigenvalue weighted by Gasteiger charge is -2.40. The fourth-order valence-electron chi connectivity index (χ4n) is 4.61. The molecule has 2 aliphatic carbocycles. The van der Waals surface area contributed by atoms with Crippen LogP contribution < -0.4 is 4.74 Å². The maximum Gasteiger partial charge on any atom is 0.200 e. The van der Waals surface area contributed by atoms with E-state index in [1.807, 2.05) is 32.0 Å². The van der Waals surface area contributed by atoms with Gasteiger partial charge in [0.25, 0.3) is 0 Å². The summed E-state index contributed by atoms with van der Waals surface area (Å²) in [7, 11) is 1.35. The highest BCUT2D eigenvalue weighted by molar-refractivity contribution is 6.07. The van der Waals surface area contributed by atoms with Gasteiger partial charge in [0, 0.05) is 17.0 Å². The van der Waals surface area contributed by atoms with E-state index in [9.17, 15) is 20.1 Å². The number of rotatable bonds is 1. The van der Waals surface area contributed by atoms with Gasteiger partial charge in [0.1, 0.15) is 0 Å². The van der Waals surface area contributed by atoms with Crippen molar-refractivity contribution in [3.8, 4) is 17.2 Å². The van der Waals surface area contributed by atoms with E-state index in [0.29, 0.717) is 11.1 Å². The molecule has 0 saturated heterocycles. The second-order valence-corrected chi connectivity index (χ2v) is 7.42. The number of phenolic OH excluding ortho intramolecular Hbond substituents is 2. The van der Waals surface area contributed by atoms with E-state index in [-0.39, 0.29) is 29.2 Å².